The summed E-state index contributed by atoms with van der Waals surface area (Å²) in [6, 6.07) is 12.0. The fourth-order valence-electron chi connectivity index (χ4n) is 1.66. The Kier molecular flexibility index (Phi) is 3.28. The summed E-state index contributed by atoms with van der Waals surface area (Å²) < 4.78 is 0. The molecule has 0 amide bonds. The molecule has 0 radical (unpaired) electrons. The molecule has 0 aliphatic carbocycles. The average molecular weight is 227 g/mol. The molecule has 3 nitrogen and oxygen atoms in total. The van der Waals surface area contributed by atoms with Gasteiger partial charge in [-0.3, -0.25) is 0 Å². The number of rotatable bonds is 3. The monoisotopic (exact) mass is 227 g/mol. The second-order valence-electron chi connectivity index (χ2n) is 4.29. The van der Waals surface area contributed by atoms with Crippen molar-refractivity contribution in [1.82, 2.24) is 4.98 Å². The van der Waals surface area contributed by atoms with Crippen LogP contribution in [0.15, 0.2) is 42.6 Å². The van der Waals surface area contributed by atoms with Crippen LogP contribution in [-0.4, -0.2) is 12.0 Å². The molecule has 17 heavy (non-hydrogen) atoms. The highest BCUT2D eigenvalue weighted by molar-refractivity contribution is 5.42. The number of benzene rings is 1. The summed E-state index contributed by atoms with van der Waals surface area (Å²) in [5, 5.41) is 0. The van der Waals surface area contributed by atoms with E-state index >= 15 is 0 Å². The minimum atomic E-state index is 0.796. The first-order valence-corrected chi connectivity index (χ1v) is 5.63. The molecular formula is C14H17N3. The molecule has 0 aliphatic heterocycles. The van der Waals surface area contributed by atoms with E-state index < -0.39 is 0 Å². The van der Waals surface area contributed by atoms with Crippen LogP contribution in [0.5, 0.6) is 0 Å². The van der Waals surface area contributed by atoms with Crippen LogP contribution in [0.3, 0.4) is 0 Å². The van der Waals surface area contributed by atoms with Crippen LogP contribution in [-0.2, 0) is 6.54 Å². The molecule has 2 aromatic rings. The largest absolute Gasteiger partial charge is 0.399 e. The van der Waals surface area contributed by atoms with Gasteiger partial charge in [-0.1, -0.05) is 18.2 Å². The van der Waals surface area contributed by atoms with Crippen LogP contribution in [0, 0.1) is 6.92 Å². The Morgan fingerprint density at radius 1 is 1.12 bits per heavy atom. The van der Waals surface area contributed by atoms with Crippen molar-refractivity contribution in [2.75, 3.05) is 17.7 Å². The minimum absolute atomic E-state index is 0.796. The smallest absolute Gasteiger partial charge is 0.128 e. The van der Waals surface area contributed by atoms with Gasteiger partial charge in [-0.05, 0) is 36.2 Å². The van der Waals surface area contributed by atoms with E-state index in [1.165, 1.54) is 11.1 Å². The quantitative estimate of drug-likeness (QED) is 0.819. The van der Waals surface area contributed by atoms with Gasteiger partial charge < -0.3 is 10.6 Å². The molecule has 0 fully saturated rings. The predicted octanol–water partition coefficient (Wildman–Crippen LogP) is 2.61. The van der Waals surface area contributed by atoms with E-state index in [1.54, 1.807) is 0 Å². The molecular weight excluding hydrogens is 210 g/mol. The maximum absolute atomic E-state index is 5.66. The van der Waals surface area contributed by atoms with Crippen molar-refractivity contribution in [3.8, 4) is 0 Å². The normalized spacial score (nSPS) is 10.2. The van der Waals surface area contributed by atoms with Crippen molar-refractivity contribution in [3.63, 3.8) is 0 Å². The molecule has 0 saturated heterocycles. The molecule has 0 saturated carbocycles. The topological polar surface area (TPSA) is 42.1 Å². The number of anilines is 2. The maximum atomic E-state index is 5.66. The highest BCUT2D eigenvalue weighted by Crippen LogP contribution is 2.13. The number of aryl methyl sites for hydroxylation is 1. The van der Waals surface area contributed by atoms with Gasteiger partial charge >= 0.3 is 0 Å². The summed E-state index contributed by atoms with van der Waals surface area (Å²) >= 11 is 0. The van der Waals surface area contributed by atoms with Gasteiger partial charge in [0.25, 0.3) is 0 Å². The third-order valence-corrected chi connectivity index (χ3v) is 2.69. The van der Waals surface area contributed by atoms with Crippen molar-refractivity contribution in [1.29, 1.82) is 0 Å². The van der Waals surface area contributed by atoms with Crippen LogP contribution in [0.2, 0.25) is 0 Å². The van der Waals surface area contributed by atoms with E-state index in [2.05, 4.69) is 16.0 Å². The van der Waals surface area contributed by atoms with Crippen molar-refractivity contribution in [2.24, 2.45) is 0 Å². The molecule has 0 atom stereocenters. The maximum Gasteiger partial charge on any atom is 0.128 e. The molecule has 2 N–H and O–H groups in total. The first kappa shape index (κ1) is 11.5. The number of nitrogen functional groups attached to an aromatic ring is 1. The molecule has 0 aliphatic rings. The Labute approximate surface area is 102 Å². The highest BCUT2D eigenvalue weighted by atomic mass is 15.2. The van der Waals surface area contributed by atoms with Crippen LogP contribution < -0.4 is 10.6 Å². The van der Waals surface area contributed by atoms with Gasteiger partial charge in [0.2, 0.25) is 0 Å². The number of nitrogens with two attached hydrogens (primary N) is 1. The van der Waals surface area contributed by atoms with E-state index in [1.807, 2.05) is 50.5 Å². The summed E-state index contributed by atoms with van der Waals surface area (Å²) in [7, 11) is 2.04. The average Bonchev–Trinajstić information content (AvgIpc) is 2.33. The lowest BCUT2D eigenvalue weighted by Crippen LogP contribution is -2.17. The van der Waals surface area contributed by atoms with Crippen LogP contribution >= 0.6 is 0 Å². The summed E-state index contributed by atoms with van der Waals surface area (Å²) in [6.07, 6.45) is 1.88. The predicted molar refractivity (Wildman–Crippen MR) is 71.9 cm³/mol. The summed E-state index contributed by atoms with van der Waals surface area (Å²) in [5.41, 5.74) is 8.86. The van der Waals surface area contributed by atoms with E-state index in [0.717, 1.165) is 18.1 Å². The highest BCUT2D eigenvalue weighted by Gasteiger charge is 2.02. The number of nitrogens with zero attached hydrogens (tertiary/aromatic N) is 2. The van der Waals surface area contributed by atoms with Crippen molar-refractivity contribution < 1.29 is 0 Å². The SMILES string of the molecule is Cc1ccc(N(C)Cc2ccc(N)cc2)nc1. The first-order valence-electron chi connectivity index (χ1n) is 5.63. The summed E-state index contributed by atoms with van der Waals surface area (Å²) in [5.74, 6) is 0.979. The Hall–Kier alpha value is -2.03. The first-order chi connectivity index (χ1) is 8.15. The number of hydrogen-bond donors (Lipinski definition) is 1. The van der Waals surface area contributed by atoms with Gasteiger partial charge in [0, 0.05) is 25.5 Å². The Bertz CT molecular complexity index is 474. The summed E-state index contributed by atoms with van der Waals surface area (Å²) in [6.45, 7) is 2.87. The minimum Gasteiger partial charge on any atom is -0.399 e. The third kappa shape index (κ3) is 2.97. The van der Waals surface area contributed by atoms with Crippen molar-refractivity contribution in [2.45, 2.75) is 13.5 Å². The number of hydrogen-bond acceptors (Lipinski definition) is 3. The molecule has 0 unspecified atom stereocenters. The van der Waals surface area contributed by atoms with E-state index in [4.69, 9.17) is 5.73 Å². The zero-order chi connectivity index (χ0) is 12.3. The van der Waals surface area contributed by atoms with Gasteiger partial charge in [0.15, 0.2) is 0 Å². The van der Waals surface area contributed by atoms with Crippen LogP contribution in [0.25, 0.3) is 0 Å². The molecule has 1 aromatic heterocycles. The lowest BCUT2D eigenvalue weighted by molar-refractivity contribution is 0.897. The molecule has 2 rings (SSSR count). The fourth-order valence-corrected chi connectivity index (χ4v) is 1.66. The van der Waals surface area contributed by atoms with Crippen LogP contribution in [0.4, 0.5) is 11.5 Å². The van der Waals surface area contributed by atoms with Gasteiger partial charge in [0.1, 0.15) is 5.82 Å². The lowest BCUT2D eigenvalue weighted by Gasteiger charge is -2.18. The second-order valence-corrected chi connectivity index (χ2v) is 4.29. The molecule has 0 bridgehead atoms. The number of aromatic nitrogens is 1. The second kappa shape index (κ2) is 4.87. The van der Waals surface area contributed by atoms with E-state index in [0.29, 0.717) is 0 Å². The molecule has 1 heterocycles. The van der Waals surface area contributed by atoms with E-state index in [9.17, 15) is 0 Å². The van der Waals surface area contributed by atoms with Gasteiger partial charge in [0.05, 0.1) is 0 Å². The molecule has 1 aromatic carbocycles. The standard InChI is InChI=1S/C14H17N3/c1-11-3-8-14(16-9-11)17(2)10-12-4-6-13(15)7-5-12/h3-9H,10,15H2,1-2H3. The Balaban J connectivity index is 2.08. The van der Waals surface area contributed by atoms with Crippen molar-refractivity contribution in [3.05, 3.63) is 53.7 Å². The van der Waals surface area contributed by atoms with Gasteiger partial charge in [-0.2, -0.15) is 0 Å². The number of pyridine rings is 1. The lowest BCUT2D eigenvalue weighted by atomic mass is 10.2. The van der Waals surface area contributed by atoms with Gasteiger partial charge in [-0.25, -0.2) is 4.98 Å². The Morgan fingerprint density at radius 3 is 2.41 bits per heavy atom. The zero-order valence-electron chi connectivity index (χ0n) is 10.2. The van der Waals surface area contributed by atoms with Crippen molar-refractivity contribution >= 4 is 11.5 Å². The third-order valence-electron chi connectivity index (χ3n) is 2.69. The fraction of sp³-hybridized carbons (Fsp3) is 0.214. The summed E-state index contributed by atoms with van der Waals surface area (Å²) in [4.78, 5) is 6.51. The molecule has 88 valence electrons. The Morgan fingerprint density at radius 2 is 1.82 bits per heavy atom. The van der Waals surface area contributed by atoms with E-state index in [-0.39, 0.29) is 0 Å². The zero-order valence-corrected chi connectivity index (χ0v) is 10.2. The molecule has 0 spiro atoms. The van der Waals surface area contributed by atoms with Gasteiger partial charge in [-0.15, -0.1) is 0 Å². The molecule has 3 heteroatoms. The van der Waals surface area contributed by atoms with Crippen LogP contribution in [0.1, 0.15) is 11.1 Å².